The van der Waals surface area contributed by atoms with Gasteiger partial charge in [0.05, 0.1) is 0 Å². The summed E-state index contributed by atoms with van der Waals surface area (Å²) >= 11 is 1.66. The van der Waals surface area contributed by atoms with Crippen LogP contribution < -0.4 is 5.32 Å². The standard InChI is InChI=1S/C14H20N4S/c1-10(2)15-9-12-7-5-6-8-13(12)19-14-17-16-11(3)18(14)4/h5-8,10,15H,9H2,1-4H3. The van der Waals surface area contributed by atoms with Gasteiger partial charge in [-0.05, 0) is 30.3 Å². The fourth-order valence-electron chi connectivity index (χ4n) is 1.64. The van der Waals surface area contributed by atoms with Crippen molar-refractivity contribution < 1.29 is 0 Å². The zero-order valence-corrected chi connectivity index (χ0v) is 12.7. The largest absolute Gasteiger partial charge is 0.310 e. The molecule has 4 nitrogen and oxygen atoms in total. The lowest BCUT2D eigenvalue weighted by atomic mass is 10.2. The van der Waals surface area contributed by atoms with E-state index in [9.17, 15) is 0 Å². The second-order valence-corrected chi connectivity index (χ2v) is 5.84. The Morgan fingerprint density at radius 2 is 2.00 bits per heavy atom. The van der Waals surface area contributed by atoms with E-state index in [1.54, 1.807) is 11.8 Å². The third kappa shape index (κ3) is 3.58. The highest BCUT2D eigenvalue weighted by Crippen LogP contribution is 2.29. The molecular formula is C14H20N4S. The first-order valence-corrected chi connectivity index (χ1v) is 7.24. The Morgan fingerprint density at radius 1 is 1.26 bits per heavy atom. The number of aromatic nitrogens is 3. The Labute approximate surface area is 118 Å². The van der Waals surface area contributed by atoms with Gasteiger partial charge in [-0.1, -0.05) is 32.0 Å². The number of hydrogen-bond acceptors (Lipinski definition) is 4. The van der Waals surface area contributed by atoms with Crippen LogP contribution in [0.3, 0.4) is 0 Å². The minimum atomic E-state index is 0.482. The molecule has 0 spiro atoms. The number of hydrogen-bond donors (Lipinski definition) is 1. The van der Waals surface area contributed by atoms with Crippen LogP contribution in [0.1, 0.15) is 25.2 Å². The van der Waals surface area contributed by atoms with E-state index in [1.165, 1.54) is 10.5 Å². The molecule has 0 bridgehead atoms. The first-order chi connectivity index (χ1) is 9.08. The van der Waals surface area contributed by atoms with E-state index in [0.29, 0.717) is 6.04 Å². The van der Waals surface area contributed by atoms with Crippen LogP contribution in [0.4, 0.5) is 0 Å². The molecule has 0 unspecified atom stereocenters. The predicted octanol–water partition coefficient (Wildman–Crippen LogP) is 2.77. The molecule has 0 fully saturated rings. The van der Waals surface area contributed by atoms with Crippen molar-refractivity contribution in [3.8, 4) is 0 Å². The molecule has 0 aliphatic carbocycles. The molecule has 0 saturated heterocycles. The van der Waals surface area contributed by atoms with Crippen LogP contribution in [-0.4, -0.2) is 20.8 Å². The van der Waals surface area contributed by atoms with Crippen molar-refractivity contribution in [3.05, 3.63) is 35.7 Å². The summed E-state index contributed by atoms with van der Waals surface area (Å²) in [6, 6.07) is 8.90. The SMILES string of the molecule is Cc1nnc(Sc2ccccc2CNC(C)C)n1C. The summed E-state index contributed by atoms with van der Waals surface area (Å²) in [6.45, 7) is 7.14. The summed E-state index contributed by atoms with van der Waals surface area (Å²) in [6.07, 6.45) is 0. The summed E-state index contributed by atoms with van der Waals surface area (Å²) in [5.74, 6) is 0.931. The molecule has 1 aromatic heterocycles. The molecule has 19 heavy (non-hydrogen) atoms. The van der Waals surface area contributed by atoms with Crippen molar-refractivity contribution in [3.63, 3.8) is 0 Å². The van der Waals surface area contributed by atoms with Gasteiger partial charge in [0, 0.05) is 24.5 Å². The van der Waals surface area contributed by atoms with Crippen LogP contribution in [0.15, 0.2) is 34.3 Å². The smallest absolute Gasteiger partial charge is 0.195 e. The summed E-state index contributed by atoms with van der Waals surface area (Å²) in [5.41, 5.74) is 1.29. The van der Waals surface area contributed by atoms with Gasteiger partial charge in [0.15, 0.2) is 5.16 Å². The quantitative estimate of drug-likeness (QED) is 0.912. The fourth-order valence-corrected chi connectivity index (χ4v) is 2.60. The highest BCUT2D eigenvalue weighted by Gasteiger charge is 2.10. The maximum absolute atomic E-state index is 4.20. The van der Waals surface area contributed by atoms with Crippen LogP contribution in [-0.2, 0) is 13.6 Å². The van der Waals surface area contributed by atoms with E-state index < -0.39 is 0 Å². The zero-order valence-electron chi connectivity index (χ0n) is 11.8. The summed E-state index contributed by atoms with van der Waals surface area (Å²) in [4.78, 5) is 1.23. The summed E-state index contributed by atoms with van der Waals surface area (Å²) < 4.78 is 2.01. The molecule has 1 aromatic carbocycles. The minimum absolute atomic E-state index is 0.482. The van der Waals surface area contributed by atoms with Crippen molar-refractivity contribution in [2.75, 3.05) is 0 Å². The van der Waals surface area contributed by atoms with Crippen molar-refractivity contribution >= 4 is 11.8 Å². The lowest BCUT2D eigenvalue weighted by Gasteiger charge is -2.11. The third-order valence-electron chi connectivity index (χ3n) is 2.93. The zero-order chi connectivity index (χ0) is 13.8. The van der Waals surface area contributed by atoms with Gasteiger partial charge >= 0.3 is 0 Å². The monoisotopic (exact) mass is 276 g/mol. The van der Waals surface area contributed by atoms with Gasteiger partial charge in [-0.15, -0.1) is 10.2 Å². The molecule has 0 saturated carbocycles. The molecule has 1 N–H and O–H groups in total. The number of aryl methyl sites for hydroxylation is 1. The molecule has 5 heteroatoms. The molecule has 2 aromatic rings. The van der Waals surface area contributed by atoms with Crippen LogP contribution in [0.2, 0.25) is 0 Å². The summed E-state index contributed by atoms with van der Waals surface area (Å²) in [7, 11) is 1.99. The maximum atomic E-state index is 4.20. The van der Waals surface area contributed by atoms with Gasteiger partial charge in [0.2, 0.25) is 0 Å². The lowest BCUT2D eigenvalue weighted by Crippen LogP contribution is -2.22. The van der Waals surface area contributed by atoms with E-state index in [2.05, 4.69) is 53.6 Å². The molecule has 102 valence electrons. The van der Waals surface area contributed by atoms with E-state index in [-0.39, 0.29) is 0 Å². The van der Waals surface area contributed by atoms with Crippen LogP contribution >= 0.6 is 11.8 Å². The van der Waals surface area contributed by atoms with Gasteiger partial charge in [0.1, 0.15) is 5.82 Å². The molecule has 0 amide bonds. The van der Waals surface area contributed by atoms with Crippen molar-refractivity contribution in [1.29, 1.82) is 0 Å². The number of rotatable bonds is 5. The van der Waals surface area contributed by atoms with E-state index in [1.807, 2.05) is 18.5 Å². The number of nitrogens with zero attached hydrogens (tertiary/aromatic N) is 3. The van der Waals surface area contributed by atoms with E-state index >= 15 is 0 Å². The average Bonchev–Trinajstić information content (AvgIpc) is 2.70. The topological polar surface area (TPSA) is 42.7 Å². The van der Waals surface area contributed by atoms with Crippen LogP contribution in [0.5, 0.6) is 0 Å². The Kier molecular flexibility index (Phi) is 4.61. The van der Waals surface area contributed by atoms with E-state index in [0.717, 1.165) is 17.5 Å². The van der Waals surface area contributed by atoms with Gasteiger partial charge in [-0.25, -0.2) is 0 Å². The molecule has 0 atom stereocenters. The number of benzene rings is 1. The van der Waals surface area contributed by atoms with Crippen molar-refractivity contribution in [2.24, 2.45) is 7.05 Å². The Balaban J connectivity index is 2.18. The Hall–Kier alpha value is -1.33. The molecule has 0 radical (unpaired) electrons. The van der Waals surface area contributed by atoms with Crippen molar-refractivity contribution in [1.82, 2.24) is 20.1 Å². The number of nitrogens with one attached hydrogen (secondary N) is 1. The maximum Gasteiger partial charge on any atom is 0.195 e. The third-order valence-corrected chi connectivity index (χ3v) is 4.08. The fraction of sp³-hybridized carbons (Fsp3) is 0.429. The Bertz CT molecular complexity index is 548. The second kappa shape index (κ2) is 6.21. The van der Waals surface area contributed by atoms with Crippen LogP contribution in [0.25, 0.3) is 0 Å². The lowest BCUT2D eigenvalue weighted by molar-refractivity contribution is 0.584. The van der Waals surface area contributed by atoms with Gasteiger partial charge in [0.25, 0.3) is 0 Å². The van der Waals surface area contributed by atoms with E-state index in [4.69, 9.17) is 0 Å². The highest BCUT2D eigenvalue weighted by atomic mass is 32.2. The molecular weight excluding hydrogens is 256 g/mol. The summed E-state index contributed by atoms with van der Waals surface area (Å²) in [5, 5.41) is 12.7. The van der Waals surface area contributed by atoms with Gasteiger partial charge in [-0.2, -0.15) is 0 Å². The normalized spacial score (nSPS) is 11.2. The molecule has 0 aliphatic rings. The van der Waals surface area contributed by atoms with Gasteiger partial charge in [-0.3, -0.25) is 0 Å². The first-order valence-electron chi connectivity index (χ1n) is 6.43. The molecule has 1 heterocycles. The van der Waals surface area contributed by atoms with Gasteiger partial charge < -0.3 is 9.88 Å². The Morgan fingerprint density at radius 3 is 2.63 bits per heavy atom. The minimum Gasteiger partial charge on any atom is -0.310 e. The molecule has 0 aliphatic heterocycles. The first kappa shape index (κ1) is 14.1. The van der Waals surface area contributed by atoms with Crippen LogP contribution in [0, 0.1) is 6.92 Å². The highest BCUT2D eigenvalue weighted by molar-refractivity contribution is 7.99. The average molecular weight is 276 g/mol. The second-order valence-electron chi connectivity index (χ2n) is 4.83. The predicted molar refractivity (Wildman–Crippen MR) is 78.3 cm³/mol. The molecule has 2 rings (SSSR count). The van der Waals surface area contributed by atoms with Crippen molar-refractivity contribution in [2.45, 2.75) is 43.4 Å².